The predicted octanol–water partition coefficient (Wildman–Crippen LogP) is 22.8. The van der Waals surface area contributed by atoms with E-state index in [1.54, 1.807) is 0 Å². The van der Waals surface area contributed by atoms with Gasteiger partial charge in [0.15, 0.2) is 0 Å². The first-order chi connectivity index (χ1) is 41.7. The molecule has 2 aliphatic heterocycles. The Morgan fingerprint density at radius 2 is 0.536 bits per heavy atom. The van der Waals surface area contributed by atoms with Gasteiger partial charge in [-0.05, 0) is 150 Å². The van der Waals surface area contributed by atoms with Crippen LogP contribution in [0.2, 0.25) is 0 Å². The Bertz CT molecular complexity index is 5320. The second-order valence-electron chi connectivity index (χ2n) is 22.2. The number of hydrogen-bond acceptors (Lipinski definition) is 2. The van der Waals surface area contributed by atoms with Crippen molar-refractivity contribution in [3.8, 4) is 89.3 Å². The standard InChI is InChI=1S/C80H48N2S2/c1-7-25-69(81-71-27-9-3-17-59(71)60-18-4-10-28-72(60)81)56(15-1)54-40-44-76-68(48-54)66-23-13-21-63-55(41-45-77(84-76)79(63)66)52-37-35-50(36-38-52)49-31-33-51(34-32-49)53-39-43-75-67(47-53)65-24-14-22-64-57(42-46-78(83-75)80(64)65)58-16-2-8-26-70(58)82-73-29-11-5-19-61(73)62-20-6-12-30-74(62)82/h1-48H. The zero-order chi connectivity index (χ0) is 55.0. The predicted molar refractivity (Wildman–Crippen MR) is 356 cm³/mol. The maximum absolute atomic E-state index is 2.45. The first kappa shape index (κ1) is 47.5. The van der Waals surface area contributed by atoms with Gasteiger partial charge in [0.25, 0.3) is 0 Å². The molecule has 14 aromatic carbocycles. The van der Waals surface area contributed by atoms with Crippen molar-refractivity contribution < 1.29 is 0 Å². The third kappa shape index (κ3) is 7.21. The number of fused-ring (bicyclic) bond motifs is 10. The molecule has 0 saturated heterocycles. The third-order valence-corrected chi connectivity index (χ3v) is 20.1. The number of hydrogen-bond donors (Lipinski definition) is 0. The van der Waals surface area contributed by atoms with Gasteiger partial charge in [0.1, 0.15) is 0 Å². The largest absolute Gasteiger partial charge is 0.309 e. The fourth-order valence-electron chi connectivity index (χ4n) is 14.0. The molecule has 2 aromatic heterocycles. The molecule has 0 aliphatic carbocycles. The van der Waals surface area contributed by atoms with E-state index < -0.39 is 0 Å². The van der Waals surface area contributed by atoms with E-state index in [1.165, 1.54) is 174 Å². The molecule has 0 radical (unpaired) electrons. The summed E-state index contributed by atoms with van der Waals surface area (Å²) in [6, 6.07) is 108. The molecule has 0 fully saturated rings. The van der Waals surface area contributed by atoms with E-state index in [0.29, 0.717) is 0 Å². The van der Waals surface area contributed by atoms with E-state index in [4.69, 9.17) is 0 Å². The van der Waals surface area contributed by atoms with E-state index in [-0.39, 0.29) is 0 Å². The fraction of sp³-hybridized carbons (Fsp3) is 0. The Morgan fingerprint density at radius 1 is 0.190 bits per heavy atom. The Hall–Kier alpha value is -10.1. The van der Waals surface area contributed by atoms with E-state index >= 15 is 0 Å². The molecule has 0 amide bonds. The highest BCUT2D eigenvalue weighted by Gasteiger charge is 2.26. The molecule has 18 rings (SSSR count). The molecule has 0 unspecified atom stereocenters. The van der Waals surface area contributed by atoms with Crippen molar-refractivity contribution in [3.05, 3.63) is 291 Å². The summed E-state index contributed by atoms with van der Waals surface area (Å²) in [7, 11) is 0. The average molecular weight is 1100 g/mol. The molecule has 84 heavy (non-hydrogen) atoms. The van der Waals surface area contributed by atoms with Gasteiger partial charge in [-0.25, -0.2) is 0 Å². The second kappa shape index (κ2) is 18.7. The first-order valence-electron chi connectivity index (χ1n) is 28.8. The summed E-state index contributed by atoms with van der Waals surface area (Å²) in [5.41, 5.74) is 24.5. The lowest BCUT2D eigenvalue weighted by Crippen LogP contribution is -1.99. The van der Waals surface area contributed by atoms with Gasteiger partial charge in [-0.1, -0.05) is 242 Å². The molecular formula is C80H48N2S2. The summed E-state index contributed by atoms with van der Waals surface area (Å²) in [6.45, 7) is 0. The average Bonchev–Trinajstić information content (AvgIpc) is 2.15. The van der Waals surface area contributed by atoms with Crippen molar-refractivity contribution >= 4 is 88.7 Å². The zero-order valence-electron chi connectivity index (χ0n) is 45.4. The molecule has 0 atom stereocenters. The smallest absolute Gasteiger partial charge is 0.0541 e. The minimum Gasteiger partial charge on any atom is -0.309 e. The quantitative estimate of drug-likeness (QED) is 0.157. The fourth-order valence-corrected chi connectivity index (χ4v) is 16.2. The summed E-state index contributed by atoms with van der Waals surface area (Å²) in [4.78, 5) is 5.17. The number of benzene rings is 14. The van der Waals surface area contributed by atoms with Gasteiger partial charge in [-0.15, -0.1) is 0 Å². The van der Waals surface area contributed by atoms with E-state index in [0.717, 1.165) is 0 Å². The molecule has 390 valence electrons. The van der Waals surface area contributed by atoms with Crippen LogP contribution in [0.5, 0.6) is 0 Å². The highest BCUT2D eigenvalue weighted by Crippen LogP contribution is 2.53. The van der Waals surface area contributed by atoms with Crippen LogP contribution in [-0.4, -0.2) is 9.13 Å². The van der Waals surface area contributed by atoms with Crippen LogP contribution in [0, 0.1) is 0 Å². The monoisotopic (exact) mass is 1100 g/mol. The summed E-state index contributed by atoms with van der Waals surface area (Å²) in [5, 5.41) is 10.3. The maximum Gasteiger partial charge on any atom is 0.0541 e. The lowest BCUT2D eigenvalue weighted by atomic mass is 9.90. The maximum atomic E-state index is 2.45. The Morgan fingerprint density at radius 3 is 1.06 bits per heavy atom. The Kier molecular flexibility index (Phi) is 10.6. The molecule has 0 spiro atoms. The van der Waals surface area contributed by atoms with Gasteiger partial charge in [-0.3, -0.25) is 0 Å². The summed E-state index contributed by atoms with van der Waals surface area (Å²) >= 11 is 3.77. The van der Waals surface area contributed by atoms with E-state index in [9.17, 15) is 0 Å². The Balaban J connectivity index is 0.647. The molecular weight excluding hydrogens is 1050 g/mol. The Labute approximate surface area is 494 Å². The van der Waals surface area contributed by atoms with Gasteiger partial charge in [0, 0.05) is 63.0 Å². The van der Waals surface area contributed by atoms with Crippen molar-refractivity contribution in [3.63, 3.8) is 0 Å². The molecule has 0 saturated carbocycles. The topological polar surface area (TPSA) is 9.86 Å². The molecule has 0 N–H and O–H groups in total. The van der Waals surface area contributed by atoms with Gasteiger partial charge >= 0.3 is 0 Å². The summed E-state index contributed by atoms with van der Waals surface area (Å²) < 4.78 is 4.89. The number of aromatic nitrogens is 2. The van der Waals surface area contributed by atoms with E-state index in [2.05, 4.69) is 300 Å². The van der Waals surface area contributed by atoms with Crippen LogP contribution in [0.25, 0.3) is 154 Å². The minimum atomic E-state index is 1.18. The lowest BCUT2D eigenvalue weighted by molar-refractivity contribution is 1.18. The van der Waals surface area contributed by atoms with Crippen molar-refractivity contribution in [2.45, 2.75) is 19.6 Å². The minimum absolute atomic E-state index is 1.18. The lowest BCUT2D eigenvalue weighted by Gasteiger charge is -2.23. The second-order valence-corrected chi connectivity index (χ2v) is 24.4. The number of rotatable bonds is 7. The molecule has 4 heterocycles. The van der Waals surface area contributed by atoms with Crippen LogP contribution >= 0.6 is 23.5 Å². The molecule has 2 nitrogen and oxygen atoms in total. The molecule has 2 aliphatic rings. The van der Waals surface area contributed by atoms with Crippen molar-refractivity contribution in [1.82, 2.24) is 9.13 Å². The highest BCUT2D eigenvalue weighted by atomic mass is 32.2. The van der Waals surface area contributed by atoms with Crippen molar-refractivity contribution in [2.24, 2.45) is 0 Å². The molecule has 4 heteroatoms. The zero-order valence-corrected chi connectivity index (χ0v) is 47.1. The highest BCUT2D eigenvalue weighted by molar-refractivity contribution is 8.00. The molecule has 16 aromatic rings. The van der Waals surface area contributed by atoms with Crippen LogP contribution in [0.15, 0.2) is 311 Å². The third-order valence-electron chi connectivity index (χ3n) is 17.8. The summed E-state index contributed by atoms with van der Waals surface area (Å²) in [6.07, 6.45) is 0. The number of para-hydroxylation sites is 6. The van der Waals surface area contributed by atoms with Gasteiger partial charge in [-0.2, -0.15) is 0 Å². The van der Waals surface area contributed by atoms with E-state index in [1.807, 2.05) is 23.5 Å². The summed E-state index contributed by atoms with van der Waals surface area (Å²) in [5.74, 6) is 0. The normalized spacial score (nSPS) is 12.4. The molecule has 0 bridgehead atoms. The number of nitrogens with zero attached hydrogens (tertiary/aromatic N) is 2. The van der Waals surface area contributed by atoms with Crippen LogP contribution in [0.4, 0.5) is 0 Å². The first-order valence-corrected chi connectivity index (χ1v) is 30.4. The van der Waals surface area contributed by atoms with Gasteiger partial charge in [0.05, 0.1) is 33.4 Å². The van der Waals surface area contributed by atoms with Crippen LogP contribution in [0.1, 0.15) is 0 Å². The van der Waals surface area contributed by atoms with Crippen molar-refractivity contribution in [2.75, 3.05) is 0 Å². The SMILES string of the molecule is c1ccc(-n2c3ccccc3c3ccccc32)c(-c2ccc3c(c2)-c2cccc4c(-c5ccc(-c6ccc(-c7ccc8c(c7)-c7cccc9c(-c%10ccccc%10-n%10c%11ccccc%11c%11ccccc%11%10)ccc(c79)S8)cc6)cc5)ccc(c24)S3)c1. The van der Waals surface area contributed by atoms with Gasteiger partial charge in [0.2, 0.25) is 0 Å². The van der Waals surface area contributed by atoms with Crippen molar-refractivity contribution in [1.29, 1.82) is 0 Å². The van der Waals surface area contributed by atoms with Crippen LogP contribution in [0.3, 0.4) is 0 Å². The van der Waals surface area contributed by atoms with Crippen LogP contribution in [-0.2, 0) is 0 Å². The van der Waals surface area contributed by atoms with Gasteiger partial charge < -0.3 is 9.13 Å². The van der Waals surface area contributed by atoms with Crippen LogP contribution < -0.4 is 0 Å².